The van der Waals surface area contributed by atoms with E-state index in [2.05, 4.69) is 0 Å². The van der Waals surface area contributed by atoms with Crippen LogP contribution in [-0.4, -0.2) is 23.3 Å². The number of hydrogen-bond donors (Lipinski definition) is 1. The minimum atomic E-state index is -0.544. The van der Waals surface area contributed by atoms with Crippen molar-refractivity contribution in [2.75, 3.05) is 0 Å². The van der Waals surface area contributed by atoms with E-state index >= 15 is 0 Å². The van der Waals surface area contributed by atoms with Crippen molar-refractivity contribution < 1.29 is 14.6 Å². The fraction of sp³-hybridized carbons (Fsp3) is 0.583. The maximum absolute atomic E-state index is 11.5. The molecule has 3 heteroatoms. The number of ether oxygens (including phenoxy) is 1. The first-order chi connectivity index (χ1) is 7.24. The molecule has 0 aromatic rings. The highest BCUT2D eigenvalue weighted by atomic mass is 16.6. The fourth-order valence-electron chi connectivity index (χ4n) is 2.18. The summed E-state index contributed by atoms with van der Waals surface area (Å²) >= 11 is 0. The van der Waals surface area contributed by atoms with E-state index in [4.69, 9.17) is 4.74 Å². The van der Waals surface area contributed by atoms with Crippen LogP contribution < -0.4 is 0 Å². The molecule has 2 atom stereocenters. The van der Waals surface area contributed by atoms with Gasteiger partial charge in [0.05, 0.1) is 11.7 Å². The molecule has 2 rings (SSSR count). The number of carbonyl (C=O) groups excluding carboxylic acids is 1. The third kappa shape index (κ3) is 1.84. The van der Waals surface area contributed by atoms with Crippen LogP contribution in [-0.2, 0) is 9.53 Å². The molecule has 1 aliphatic carbocycles. The van der Waals surface area contributed by atoms with Crippen molar-refractivity contribution in [1.82, 2.24) is 0 Å². The van der Waals surface area contributed by atoms with Gasteiger partial charge >= 0.3 is 5.97 Å². The minimum absolute atomic E-state index is 0.277. The second-order valence-electron chi connectivity index (χ2n) is 4.06. The van der Waals surface area contributed by atoms with Gasteiger partial charge in [-0.25, -0.2) is 4.79 Å². The van der Waals surface area contributed by atoms with Crippen molar-refractivity contribution >= 4 is 5.97 Å². The fourth-order valence-corrected chi connectivity index (χ4v) is 2.18. The Bertz CT molecular complexity index is 328. The number of aliphatic hydroxyl groups excluding tert-OH is 1. The number of allylic oxidation sites excluding steroid dienone is 1. The molecule has 3 nitrogen and oxygen atoms in total. The molecule has 1 aliphatic heterocycles. The van der Waals surface area contributed by atoms with E-state index < -0.39 is 12.2 Å². The van der Waals surface area contributed by atoms with Gasteiger partial charge in [-0.05, 0) is 24.8 Å². The van der Waals surface area contributed by atoms with E-state index in [0.29, 0.717) is 12.0 Å². The summed E-state index contributed by atoms with van der Waals surface area (Å²) in [5.41, 5.74) is 1.66. The average Bonchev–Trinajstić information content (AvgIpc) is 2.58. The van der Waals surface area contributed by atoms with Crippen LogP contribution in [0.4, 0.5) is 0 Å². The smallest absolute Gasteiger partial charge is 0.338 e. The number of cyclic esters (lactones) is 1. The Kier molecular flexibility index (Phi) is 2.91. The number of rotatable bonds is 3. The molecule has 82 valence electrons. The molecule has 0 unspecified atom stereocenters. The molecule has 0 saturated carbocycles. The van der Waals surface area contributed by atoms with Crippen molar-refractivity contribution in [1.29, 1.82) is 0 Å². The molecule has 2 aliphatic rings. The Morgan fingerprint density at radius 1 is 1.67 bits per heavy atom. The molecular weight excluding hydrogens is 192 g/mol. The van der Waals surface area contributed by atoms with Crippen LogP contribution in [0.25, 0.3) is 0 Å². The van der Waals surface area contributed by atoms with Crippen LogP contribution >= 0.6 is 0 Å². The third-order valence-electron chi connectivity index (χ3n) is 2.94. The molecule has 15 heavy (non-hydrogen) atoms. The first-order valence-corrected chi connectivity index (χ1v) is 5.52. The molecule has 0 aromatic carbocycles. The van der Waals surface area contributed by atoms with E-state index in [1.54, 1.807) is 0 Å². The predicted octanol–water partition coefficient (Wildman–Crippen LogP) is 1.72. The maximum atomic E-state index is 11.5. The van der Waals surface area contributed by atoms with Crippen molar-refractivity contribution in [3.8, 4) is 0 Å². The highest BCUT2D eigenvalue weighted by Gasteiger charge is 2.37. The van der Waals surface area contributed by atoms with Gasteiger partial charge in [0, 0.05) is 0 Å². The second kappa shape index (κ2) is 4.19. The van der Waals surface area contributed by atoms with Crippen LogP contribution in [0, 0.1) is 0 Å². The van der Waals surface area contributed by atoms with Crippen molar-refractivity contribution in [3.05, 3.63) is 23.3 Å². The van der Waals surface area contributed by atoms with Gasteiger partial charge in [0.25, 0.3) is 0 Å². The highest BCUT2D eigenvalue weighted by molar-refractivity contribution is 5.95. The zero-order valence-electron chi connectivity index (χ0n) is 8.90. The lowest BCUT2D eigenvalue weighted by atomic mass is 9.92. The summed E-state index contributed by atoms with van der Waals surface area (Å²) in [5.74, 6) is -0.277. The molecule has 0 saturated heterocycles. The van der Waals surface area contributed by atoms with Gasteiger partial charge < -0.3 is 9.84 Å². The maximum Gasteiger partial charge on any atom is 0.338 e. The van der Waals surface area contributed by atoms with Crippen LogP contribution in [0.2, 0.25) is 0 Å². The Morgan fingerprint density at radius 3 is 3.20 bits per heavy atom. The average molecular weight is 208 g/mol. The minimum Gasteiger partial charge on any atom is -0.451 e. The largest absolute Gasteiger partial charge is 0.451 e. The van der Waals surface area contributed by atoms with Gasteiger partial charge in [-0.1, -0.05) is 25.5 Å². The SMILES string of the molecule is CCC[C@@H](O)[C@H]1OC(=O)C2=C1CCC=C2. The standard InChI is InChI=1S/C12H16O3/c1-2-5-10(13)11-8-6-3-4-7-9(8)12(14)15-11/h4,7,10-11,13H,2-3,5-6H2,1H3/t10-,11+/m1/s1. The Labute approximate surface area is 89.4 Å². The highest BCUT2D eigenvalue weighted by Crippen LogP contribution is 2.33. The third-order valence-corrected chi connectivity index (χ3v) is 2.94. The summed E-state index contributed by atoms with van der Waals surface area (Å²) in [5, 5.41) is 9.87. The second-order valence-corrected chi connectivity index (χ2v) is 4.06. The molecule has 0 amide bonds. The van der Waals surface area contributed by atoms with Gasteiger partial charge in [0.2, 0.25) is 0 Å². The zero-order valence-corrected chi connectivity index (χ0v) is 8.90. The summed E-state index contributed by atoms with van der Waals surface area (Å²) in [6.07, 6.45) is 6.21. The van der Waals surface area contributed by atoms with Gasteiger partial charge in [-0.15, -0.1) is 0 Å². The van der Waals surface area contributed by atoms with E-state index in [0.717, 1.165) is 24.8 Å². The molecule has 0 bridgehead atoms. The summed E-state index contributed by atoms with van der Waals surface area (Å²) in [6.45, 7) is 2.01. The molecule has 0 aromatic heterocycles. The van der Waals surface area contributed by atoms with Gasteiger partial charge in [0.1, 0.15) is 0 Å². The van der Waals surface area contributed by atoms with Crippen molar-refractivity contribution in [3.63, 3.8) is 0 Å². The first-order valence-electron chi connectivity index (χ1n) is 5.52. The number of esters is 1. The van der Waals surface area contributed by atoms with E-state index in [1.807, 2.05) is 19.1 Å². The normalized spacial score (nSPS) is 26.5. The van der Waals surface area contributed by atoms with Gasteiger partial charge in [-0.3, -0.25) is 0 Å². The lowest BCUT2D eigenvalue weighted by Gasteiger charge is -2.20. The summed E-state index contributed by atoms with van der Waals surface area (Å²) < 4.78 is 5.21. The molecule has 1 N–H and O–H groups in total. The van der Waals surface area contributed by atoms with E-state index in [1.165, 1.54) is 0 Å². The Morgan fingerprint density at radius 2 is 2.47 bits per heavy atom. The predicted molar refractivity (Wildman–Crippen MR) is 56.2 cm³/mol. The Balaban J connectivity index is 2.19. The zero-order chi connectivity index (χ0) is 10.8. The van der Waals surface area contributed by atoms with Crippen LogP contribution in [0.5, 0.6) is 0 Å². The van der Waals surface area contributed by atoms with Crippen LogP contribution in [0.15, 0.2) is 23.3 Å². The van der Waals surface area contributed by atoms with Crippen LogP contribution in [0.1, 0.15) is 32.6 Å². The monoisotopic (exact) mass is 208 g/mol. The quantitative estimate of drug-likeness (QED) is 0.718. The summed E-state index contributed by atoms with van der Waals surface area (Å²) in [4.78, 5) is 11.5. The van der Waals surface area contributed by atoms with Crippen molar-refractivity contribution in [2.45, 2.75) is 44.8 Å². The summed E-state index contributed by atoms with van der Waals surface area (Å²) in [6, 6.07) is 0. The van der Waals surface area contributed by atoms with Crippen LogP contribution in [0.3, 0.4) is 0 Å². The van der Waals surface area contributed by atoms with Gasteiger partial charge in [-0.2, -0.15) is 0 Å². The van der Waals surface area contributed by atoms with E-state index in [-0.39, 0.29) is 5.97 Å². The van der Waals surface area contributed by atoms with Gasteiger partial charge in [0.15, 0.2) is 6.10 Å². The molecular formula is C12H16O3. The lowest BCUT2D eigenvalue weighted by molar-refractivity contribution is -0.143. The molecule has 0 radical (unpaired) electrons. The molecule has 0 fully saturated rings. The van der Waals surface area contributed by atoms with E-state index in [9.17, 15) is 9.90 Å². The molecule has 0 spiro atoms. The number of hydrogen-bond acceptors (Lipinski definition) is 3. The topological polar surface area (TPSA) is 46.5 Å². The summed E-state index contributed by atoms with van der Waals surface area (Å²) in [7, 11) is 0. The molecule has 1 heterocycles. The number of aliphatic hydroxyl groups is 1. The first kappa shape index (κ1) is 10.4. The van der Waals surface area contributed by atoms with Crippen molar-refractivity contribution in [2.24, 2.45) is 0 Å². The lowest BCUT2D eigenvalue weighted by Crippen LogP contribution is -2.28. The number of carbonyl (C=O) groups is 1. The Hall–Kier alpha value is -1.09.